The molecule has 82 valence electrons. The van der Waals surface area contributed by atoms with Crippen molar-refractivity contribution in [3.8, 4) is 0 Å². The summed E-state index contributed by atoms with van der Waals surface area (Å²) >= 11 is 1.21. The van der Waals surface area contributed by atoms with E-state index < -0.39 is 14.9 Å². The van der Waals surface area contributed by atoms with Crippen molar-refractivity contribution in [2.45, 2.75) is 19.6 Å². The summed E-state index contributed by atoms with van der Waals surface area (Å²) < 4.78 is 21.6. The second-order valence-electron chi connectivity index (χ2n) is 3.83. The smallest absolute Gasteiger partial charge is 0.417 e. The van der Waals surface area contributed by atoms with Gasteiger partial charge in [-0.2, -0.15) is 0 Å². The maximum absolute atomic E-state index is 11.9. The highest BCUT2D eigenvalue weighted by molar-refractivity contribution is 8.55. The molecule has 3 nitrogen and oxygen atoms in total. The lowest BCUT2D eigenvalue weighted by atomic mass is 11.2. The van der Waals surface area contributed by atoms with E-state index in [1.165, 1.54) is 11.4 Å². The zero-order chi connectivity index (χ0) is 11.2. The first kappa shape index (κ1) is 13.9. The van der Waals surface area contributed by atoms with Crippen LogP contribution < -0.4 is 0 Å². The number of rotatable bonds is 7. The van der Waals surface area contributed by atoms with Crippen molar-refractivity contribution in [2.24, 2.45) is 0 Å². The Kier molecular flexibility index (Phi) is 5.63. The molecule has 0 atom stereocenters. The standard InChI is InChI=1S/C8H17O3PSSi/c1-6-10-12(9,11-7-2)13-8-14(3,4)5/h6-7H,1-2,8H2,3-5H3. The average Bonchev–Trinajstić information content (AvgIpc) is 2.01. The minimum atomic E-state index is -3.10. The van der Waals surface area contributed by atoms with E-state index in [-0.39, 0.29) is 0 Å². The third-order valence-corrected chi connectivity index (χ3v) is 8.80. The van der Waals surface area contributed by atoms with Gasteiger partial charge in [-0.05, 0) is 11.4 Å². The molecule has 0 aromatic rings. The van der Waals surface area contributed by atoms with Crippen LogP contribution in [0, 0.1) is 0 Å². The van der Waals surface area contributed by atoms with E-state index >= 15 is 0 Å². The van der Waals surface area contributed by atoms with Crippen LogP contribution in [-0.4, -0.2) is 13.5 Å². The van der Waals surface area contributed by atoms with Gasteiger partial charge in [-0.25, -0.2) is 4.57 Å². The van der Waals surface area contributed by atoms with E-state index in [4.69, 9.17) is 9.05 Å². The molecule has 0 saturated carbocycles. The number of hydrogen-bond donors (Lipinski definition) is 0. The summed E-state index contributed by atoms with van der Waals surface area (Å²) in [4.78, 5) is 0. The van der Waals surface area contributed by atoms with Gasteiger partial charge in [0.2, 0.25) is 0 Å². The van der Waals surface area contributed by atoms with Crippen LogP contribution in [0.5, 0.6) is 0 Å². The highest BCUT2D eigenvalue weighted by Gasteiger charge is 2.29. The Morgan fingerprint density at radius 2 is 1.71 bits per heavy atom. The minimum absolute atomic E-state index is 0.811. The van der Waals surface area contributed by atoms with Crippen molar-refractivity contribution in [3.63, 3.8) is 0 Å². The molecule has 0 aliphatic rings. The molecule has 0 amide bonds. The van der Waals surface area contributed by atoms with Gasteiger partial charge < -0.3 is 9.05 Å². The molecule has 0 radical (unpaired) electrons. The summed E-state index contributed by atoms with van der Waals surface area (Å²) in [5, 5.41) is 0.811. The molecule has 0 unspecified atom stereocenters. The van der Waals surface area contributed by atoms with E-state index in [1.54, 1.807) is 0 Å². The average molecular weight is 252 g/mol. The van der Waals surface area contributed by atoms with Crippen molar-refractivity contribution in [1.29, 1.82) is 0 Å². The van der Waals surface area contributed by atoms with Crippen LogP contribution in [0.3, 0.4) is 0 Å². The molecule has 0 aliphatic carbocycles. The van der Waals surface area contributed by atoms with E-state index in [0.29, 0.717) is 0 Å². The third-order valence-electron chi connectivity index (χ3n) is 1.06. The summed E-state index contributed by atoms with van der Waals surface area (Å²) in [6.07, 6.45) is 2.28. The van der Waals surface area contributed by atoms with E-state index in [2.05, 4.69) is 32.8 Å². The fourth-order valence-corrected chi connectivity index (χ4v) is 8.90. The Balaban J connectivity index is 4.30. The Morgan fingerprint density at radius 1 is 1.29 bits per heavy atom. The summed E-state index contributed by atoms with van der Waals surface area (Å²) in [5.41, 5.74) is 0. The van der Waals surface area contributed by atoms with Crippen molar-refractivity contribution < 1.29 is 13.6 Å². The van der Waals surface area contributed by atoms with Crippen molar-refractivity contribution in [3.05, 3.63) is 25.7 Å². The summed E-state index contributed by atoms with van der Waals surface area (Å²) in [6.45, 7) is 10.2. The monoisotopic (exact) mass is 252 g/mol. The van der Waals surface area contributed by atoms with Crippen LogP contribution in [-0.2, 0) is 13.6 Å². The number of hydrogen-bond acceptors (Lipinski definition) is 4. The molecule has 0 fully saturated rings. The molecule has 0 spiro atoms. The van der Waals surface area contributed by atoms with Gasteiger partial charge in [0.25, 0.3) is 0 Å². The molecule has 0 aromatic heterocycles. The molecule has 6 heteroatoms. The third kappa shape index (κ3) is 6.35. The molecular formula is C8H17O3PSSi. The lowest BCUT2D eigenvalue weighted by Gasteiger charge is -2.19. The molecule has 0 N–H and O–H groups in total. The largest absolute Gasteiger partial charge is 0.491 e. The molecule has 0 aliphatic heterocycles. The highest BCUT2D eigenvalue weighted by Crippen LogP contribution is 2.61. The minimum Gasteiger partial charge on any atom is -0.417 e. The fourth-order valence-electron chi connectivity index (χ4n) is 0.541. The zero-order valence-corrected chi connectivity index (χ0v) is 11.6. The van der Waals surface area contributed by atoms with E-state index in [1.807, 2.05) is 0 Å². The molecule has 0 saturated heterocycles. The molecule has 0 aromatic carbocycles. The predicted molar refractivity (Wildman–Crippen MR) is 66.0 cm³/mol. The van der Waals surface area contributed by atoms with Gasteiger partial charge in [-0.15, -0.1) is 0 Å². The summed E-state index contributed by atoms with van der Waals surface area (Å²) in [5.74, 6) is 0. The molecule has 14 heavy (non-hydrogen) atoms. The van der Waals surface area contributed by atoms with Gasteiger partial charge in [-0.1, -0.05) is 32.8 Å². The van der Waals surface area contributed by atoms with Gasteiger partial charge in [0.15, 0.2) is 0 Å². The van der Waals surface area contributed by atoms with Crippen molar-refractivity contribution in [2.75, 3.05) is 5.38 Å². The second-order valence-corrected chi connectivity index (χ2v) is 13.8. The Labute approximate surface area is 90.9 Å². The zero-order valence-electron chi connectivity index (χ0n) is 8.86. The van der Waals surface area contributed by atoms with Gasteiger partial charge in [0.1, 0.15) is 0 Å². The van der Waals surface area contributed by atoms with Gasteiger partial charge in [0.05, 0.1) is 20.6 Å². The van der Waals surface area contributed by atoms with Gasteiger partial charge in [0, 0.05) is 5.38 Å². The first-order valence-electron chi connectivity index (χ1n) is 4.16. The maximum Gasteiger partial charge on any atom is 0.491 e. The summed E-state index contributed by atoms with van der Waals surface area (Å²) in [7, 11) is -1.26. The van der Waals surface area contributed by atoms with Crippen LogP contribution >= 0.6 is 18.2 Å². The summed E-state index contributed by atoms with van der Waals surface area (Å²) in [6, 6.07) is 0. The Morgan fingerprint density at radius 3 is 2.00 bits per heavy atom. The van der Waals surface area contributed by atoms with Gasteiger partial charge >= 0.3 is 6.80 Å². The molecule has 0 bridgehead atoms. The highest BCUT2D eigenvalue weighted by atomic mass is 32.7. The first-order valence-corrected chi connectivity index (χ1v) is 11.0. The molecule has 0 rings (SSSR count). The molecular weight excluding hydrogens is 235 g/mol. The fraction of sp³-hybridized carbons (Fsp3) is 0.500. The van der Waals surface area contributed by atoms with Crippen molar-refractivity contribution >= 4 is 26.3 Å². The van der Waals surface area contributed by atoms with Crippen LogP contribution in [0.1, 0.15) is 0 Å². The van der Waals surface area contributed by atoms with Crippen LogP contribution in [0.15, 0.2) is 25.7 Å². The predicted octanol–water partition coefficient (Wildman–Crippen LogP) is 4.03. The van der Waals surface area contributed by atoms with Crippen LogP contribution in [0.2, 0.25) is 19.6 Å². The Hall–Kier alpha value is -0.123. The van der Waals surface area contributed by atoms with E-state index in [9.17, 15) is 4.57 Å². The SMILES string of the molecule is C=COP(=O)(OC=C)SC[Si](C)(C)C. The Bertz CT molecular complexity index is 235. The maximum atomic E-state index is 11.9. The normalized spacial score (nSPS) is 11.9. The van der Waals surface area contributed by atoms with E-state index in [0.717, 1.165) is 17.9 Å². The lowest BCUT2D eigenvalue weighted by molar-refractivity contribution is 0.350. The first-order chi connectivity index (χ1) is 6.33. The lowest BCUT2D eigenvalue weighted by Crippen LogP contribution is -2.23. The second kappa shape index (κ2) is 5.68. The quantitative estimate of drug-likeness (QED) is 0.389. The van der Waals surface area contributed by atoms with Gasteiger partial charge in [-0.3, -0.25) is 0 Å². The van der Waals surface area contributed by atoms with Crippen molar-refractivity contribution in [1.82, 2.24) is 0 Å². The topological polar surface area (TPSA) is 35.5 Å². The molecule has 0 heterocycles. The van der Waals surface area contributed by atoms with Crippen LogP contribution in [0.25, 0.3) is 0 Å². The van der Waals surface area contributed by atoms with Crippen LogP contribution in [0.4, 0.5) is 0 Å².